The summed E-state index contributed by atoms with van der Waals surface area (Å²) in [6.45, 7) is 2.72. The van der Waals surface area contributed by atoms with Gasteiger partial charge in [0, 0.05) is 19.0 Å². The number of aromatic hydroxyl groups is 1. The molecule has 2 rings (SSSR count). The van der Waals surface area contributed by atoms with E-state index < -0.39 is 5.97 Å². The molecule has 0 spiro atoms. The molecule has 96 valence electrons. The maximum absolute atomic E-state index is 12.0. The number of phenolic OH excluding ortho intramolecular Hbond substituents is 1. The lowest BCUT2D eigenvalue weighted by molar-refractivity contribution is -0.139. The number of hydrogen-bond donors (Lipinski definition) is 2. The minimum Gasteiger partial charge on any atom is -0.507 e. The van der Waals surface area contributed by atoms with Crippen molar-refractivity contribution in [3.8, 4) is 5.75 Å². The lowest BCUT2D eigenvalue weighted by Gasteiger charge is -2.38. The van der Waals surface area contributed by atoms with Crippen LogP contribution in [0.5, 0.6) is 5.75 Å². The van der Waals surface area contributed by atoms with Crippen LogP contribution in [0.1, 0.15) is 22.3 Å². The molecule has 1 amide bonds. The number of carboxylic acid groups (broad SMARTS) is 1. The molecule has 1 fully saturated rings. The van der Waals surface area contributed by atoms with Crippen LogP contribution in [0.25, 0.3) is 0 Å². The van der Waals surface area contributed by atoms with Crippen molar-refractivity contribution in [3.05, 3.63) is 29.3 Å². The van der Waals surface area contributed by atoms with Gasteiger partial charge in [-0.3, -0.25) is 9.59 Å². The summed E-state index contributed by atoms with van der Waals surface area (Å²) >= 11 is 0. The van der Waals surface area contributed by atoms with E-state index in [4.69, 9.17) is 5.11 Å². The molecule has 0 saturated carbocycles. The number of carbonyl (C=O) groups excluding carboxylic acids is 1. The smallest absolute Gasteiger partial charge is 0.303 e. The van der Waals surface area contributed by atoms with Gasteiger partial charge in [0.25, 0.3) is 5.91 Å². The van der Waals surface area contributed by atoms with Gasteiger partial charge in [-0.05, 0) is 24.6 Å². The SMILES string of the molecule is Cc1ccc(C(=O)N2CC(CC(=O)O)C2)c(O)c1. The zero-order valence-corrected chi connectivity index (χ0v) is 10.1. The van der Waals surface area contributed by atoms with E-state index in [1.54, 1.807) is 23.1 Å². The maximum atomic E-state index is 12.0. The summed E-state index contributed by atoms with van der Waals surface area (Å²) in [6.07, 6.45) is 0.0870. The van der Waals surface area contributed by atoms with Crippen LogP contribution < -0.4 is 0 Å². The Bertz CT molecular complexity index is 492. The highest BCUT2D eigenvalue weighted by Crippen LogP contribution is 2.25. The van der Waals surface area contributed by atoms with Gasteiger partial charge in [-0.1, -0.05) is 6.07 Å². The molecule has 5 nitrogen and oxygen atoms in total. The first kappa shape index (κ1) is 12.4. The molecule has 1 aliphatic rings. The Morgan fingerprint density at radius 3 is 2.61 bits per heavy atom. The summed E-state index contributed by atoms with van der Waals surface area (Å²) in [5.41, 5.74) is 1.16. The number of carboxylic acids is 1. The second-order valence-electron chi connectivity index (χ2n) is 4.69. The van der Waals surface area contributed by atoms with Crippen LogP contribution >= 0.6 is 0 Å². The highest BCUT2D eigenvalue weighted by Gasteiger charge is 2.33. The quantitative estimate of drug-likeness (QED) is 0.845. The predicted octanol–water partition coefficient (Wildman–Crippen LogP) is 1.25. The van der Waals surface area contributed by atoms with E-state index in [-0.39, 0.29) is 29.6 Å². The summed E-state index contributed by atoms with van der Waals surface area (Å²) in [6, 6.07) is 4.90. The summed E-state index contributed by atoms with van der Waals surface area (Å²) in [4.78, 5) is 24.1. The number of carbonyl (C=O) groups is 2. The van der Waals surface area contributed by atoms with Gasteiger partial charge in [-0.15, -0.1) is 0 Å². The summed E-state index contributed by atoms with van der Waals surface area (Å²) in [5.74, 6) is -1.08. The molecule has 1 aliphatic heterocycles. The van der Waals surface area contributed by atoms with Crippen LogP contribution in [0.3, 0.4) is 0 Å². The standard InChI is InChI=1S/C13H15NO4/c1-8-2-3-10(11(15)4-8)13(18)14-6-9(7-14)5-12(16)17/h2-4,9,15H,5-7H2,1H3,(H,16,17). The van der Waals surface area contributed by atoms with Crippen molar-refractivity contribution >= 4 is 11.9 Å². The number of aliphatic carboxylic acids is 1. The van der Waals surface area contributed by atoms with Crippen LogP contribution in [-0.2, 0) is 4.79 Å². The number of likely N-dealkylation sites (tertiary alicyclic amines) is 1. The van der Waals surface area contributed by atoms with Gasteiger partial charge in [-0.25, -0.2) is 0 Å². The van der Waals surface area contributed by atoms with Crippen molar-refractivity contribution in [1.82, 2.24) is 4.90 Å². The third-order valence-electron chi connectivity index (χ3n) is 3.09. The fourth-order valence-corrected chi connectivity index (χ4v) is 2.10. The minimum absolute atomic E-state index is 0.0262. The van der Waals surface area contributed by atoms with Crippen molar-refractivity contribution in [2.45, 2.75) is 13.3 Å². The van der Waals surface area contributed by atoms with Gasteiger partial charge >= 0.3 is 5.97 Å². The average molecular weight is 249 g/mol. The topological polar surface area (TPSA) is 77.8 Å². The summed E-state index contributed by atoms with van der Waals surface area (Å²) < 4.78 is 0. The van der Waals surface area contributed by atoms with E-state index in [2.05, 4.69) is 0 Å². The molecule has 0 radical (unpaired) electrons. The van der Waals surface area contributed by atoms with E-state index in [9.17, 15) is 14.7 Å². The number of aryl methyl sites for hydroxylation is 1. The molecule has 0 aromatic heterocycles. The van der Waals surface area contributed by atoms with Gasteiger partial charge in [0.2, 0.25) is 0 Å². The monoisotopic (exact) mass is 249 g/mol. The van der Waals surface area contributed by atoms with E-state index in [0.717, 1.165) is 5.56 Å². The number of nitrogens with zero attached hydrogens (tertiary/aromatic N) is 1. The fourth-order valence-electron chi connectivity index (χ4n) is 2.10. The molecular weight excluding hydrogens is 234 g/mol. The molecule has 1 saturated heterocycles. The third kappa shape index (κ3) is 2.45. The van der Waals surface area contributed by atoms with Crippen LogP contribution in [0.4, 0.5) is 0 Å². The Labute approximate surface area is 105 Å². The van der Waals surface area contributed by atoms with Crippen LogP contribution in [0.15, 0.2) is 18.2 Å². The van der Waals surface area contributed by atoms with Gasteiger partial charge in [0.1, 0.15) is 5.75 Å². The van der Waals surface area contributed by atoms with Gasteiger partial charge < -0.3 is 15.1 Å². The molecule has 0 aliphatic carbocycles. The van der Waals surface area contributed by atoms with Crippen molar-refractivity contribution < 1.29 is 19.8 Å². The third-order valence-corrected chi connectivity index (χ3v) is 3.09. The van der Waals surface area contributed by atoms with Crippen LogP contribution in [-0.4, -0.2) is 40.1 Å². The maximum Gasteiger partial charge on any atom is 0.303 e. The fraction of sp³-hybridized carbons (Fsp3) is 0.385. The Morgan fingerprint density at radius 1 is 1.39 bits per heavy atom. The molecule has 18 heavy (non-hydrogen) atoms. The zero-order chi connectivity index (χ0) is 13.3. The average Bonchev–Trinajstić information content (AvgIpc) is 2.21. The molecule has 2 N–H and O–H groups in total. The summed E-state index contributed by atoms with van der Waals surface area (Å²) in [5, 5.41) is 18.3. The van der Waals surface area contributed by atoms with E-state index in [1.165, 1.54) is 0 Å². The highest BCUT2D eigenvalue weighted by molar-refractivity contribution is 5.97. The van der Waals surface area contributed by atoms with Crippen LogP contribution in [0, 0.1) is 12.8 Å². The highest BCUT2D eigenvalue weighted by atomic mass is 16.4. The number of rotatable bonds is 3. The molecule has 1 heterocycles. The molecule has 1 aromatic rings. The molecular formula is C13H15NO4. The molecule has 0 unspecified atom stereocenters. The van der Waals surface area contributed by atoms with E-state index in [0.29, 0.717) is 13.1 Å². The van der Waals surface area contributed by atoms with Gasteiger partial charge in [0.15, 0.2) is 0 Å². The number of benzene rings is 1. The Morgan fingerprint density at radius 2 is 2.06 bits per heavy atom. The van der Waals surface area contributed by atoms with Crippen molar-refractivity contribution in [1.29, 1.82) is 0 Å². The first-order valence-electron chi connectivity index (χ1n) is 5.78. The Balaban J connectivity index is 1.99. The summed E-state index contributed by atoms with van der Waals surface area (Å²) in [7, 11) is 0. The zero-order valence-electron chi connectivity index (χ0n) is 10.1. The predicted molar refractivity (Wildman–Crippen MR) is 64.5 cm³/mol. The largest absolute Gasteiger partial charge is 0.507 e. The minimum atomic E-state index is -0.842. The molecule has 5 heteroatoms. The first-order chi connectivity index (χ1) is 8.47. The molecule has 0 atom stereocenters. The lowest BCUT2D eigenvalue weighted by Crippen LogP contribution is -2.50. The number of amides is 1. The normalized spacial score (nSPS) is 15.3. The molecule has 0 bridgehead atoms. The van der Waals surface area contributed by atoms with Gasteiger partial charge in [0.05, 0.1) is 12.0 Å². The van der Waals surface area contributed by atoms with Crippen molar-refractivity contribution in [2.24, 2.45) is 5.92 Å². The Kier molecular flexibility index (Phi) is 3.23. The lowest BCUT2D eigenvalue weighted by atomic mass is 9.95. The second kappa shape index (κ2) is 4.68. The number of hydrogen-bond acceptors (Lipinski definition) is 3. The number of phenols is 1. The van der Waals surface area contributed by atoms with Crippen molar-refractivity contribution in [2.75, 3.05) is 13.1 Å². The molecule has 1 aromatic carbocycles. The van der Waals surface area contributed by atoms with Gasteiger partial charge in [-0.2, -0.15) is 0 Å². The van der Waals surface area contributed by atoms with Crippen molar-refractivity contribution in [3.63, 3.8) is 0 Å². The van der Waals surface area contributed by atoms with E-state index in [1.807, 2.05) is 6.92 Å². The Hall–Kier alpha value is -2.04. The second-order valence-corrected chi connectivity index (χ2v) is 4.69. The van der Waals surface area contributed by atoms with Crippen LogP contribution in [0.2, 0.25) is 0 Å². The first-order valence-corrected chi connectivity index (χ1v) is 5.78. The van der Waals surface area contributed by atoms with E-state index >= 15 is 0 Å².